The number of hydrogen-bond donors (Lipinski definition) is 0. The normalized spacial score (nSPS) is 16.8. The Balaban J connectivity index is 1.93. The van der Waals surface area contributed by atoms with Crippen LogP contribution in [0, 0.1) is 0 Å². The number of carbonyl (C=O) groups excluding carboxylic acids is 1. The number of likely N-dealkylation sites (tertiary alicyclic amines) is 1. The van der Waals surface area contributed by atoms with E-state index in [0.717, 1.165) is 31.6 Å². The van der Waals surface area contributed by atoms with Crippen LogP contribution in [0.25, 0.3) is 5.65 Å². The van der Waals surface area contributed by atoms with Crippen LogP contribution in [0.3, 0.4) is 0 Å². The van der Waals surface area contributed by atoms with Crippen molar-refractivity contribution in [3.8, 4) is 0 Å². The van der Waals surface area contributed by atoms with Crippen LogP contribution in [-0.4, -0.2) is 33.3 Å². The Morgan fingerprint density at radius 2 is 1.89 bits per heavy atom. The van der Waals surface area contributed by atoms with Crippen LogP contribution < -0.4 is 0 Å². The maximum Gasteiger partial charge on any atom is 0.270 e. The molecule has 94 valence electrons. The van der Waals surface area contributed by atoms with Gasteiger partial charge in [0.15, 0.2) is 0 Å². The summed E-state index contributed by atoms with van der Waals surface area (Å²) in [5, 5.41) is 0. The first-order valence-corrected chi connectivity index (χ1v) is 6.57. The van der Waals surface area contributed by atoms with Crippen LogP contribution in [0.5, 0.6) is 0 Å². The number of hydrogen-bond acceptors (Lipinski definition) is 2. The molecule has 0 aliphatic carbocycles. The Bertz CT molecular complexity index is 553. The molecule has 0 radical (unpaired) electrons. The summed E-state index contributed by atoms with van der Waals surface area (Å²) in [6, 6.07) is 5.69. The van der Waals surface area contributed by atoms with Crippen molar-refractivity contribution < 1.29 is 4.79 Å². The third kappa shape index (κ3) is 1.98. The van der Waals surface area contributed by atoms with E-state index in [0.29, 0.717) is 5.69 Å². The van der Waals surface area contributed by atoms with Crippen LogP contribution >= 0.6 is 0 Å². The summed E-state index contributed by atoms with van der Waals surface area (Å²) in [5.74, 6) is 0.125. The maximum atomic E-state index is 12.5. The second-order valence-corrected chi connectivity index (χ2v) is 4.77. The number of nitrogens with zero attached hydrogens (tertiary/aromatic N) is 3. The topological polar surface area (TPSA) is 37.6 Å². The molecule has 1 fully saturated rings. The van der Waals surface area contributed by atoms with Crippen molar-refractivity contribution in [1.29, 1.82) is 0 Å². The summed E-state index contributed by atoms with van der Waals surface area (Å²) in [7, 11) is 0. The second-order valence-electron chi connectivity index (χ2n) is 4.77. The second kappa shape index (κ2) is 4.80. The molecule has 3 heterocycles. The molecule has 0 atom stereocenters. The molecule has 0 aromatic carbocycles. The molecular weight excluding hydrogens is 226 g/mol. The molecule has 4 nitrogen and oxygen atoms in total. The molecule has 3 rings (SSSR count). The summed E-state index contributed by atoms with van der Waals surface area (Å²) in [6.45, 7) is 1.76. The molecule has 0 bridgehead atoms. The Labute approximate surface area is 106 Å². The number of carbonyl (C=O) groups is 1. The number of imidazole rings is 1. The van der Waals surface area contributed by atoms with Gasteiger partial charge in [-0.15, -0.1) is 0 Å². The molecule has 1 amide bonds. The Morgan fingerprint density at radius 3 is 2.67 bits per heavy atom. The van der Waals surface area contributed by atoms with Gasteiger partial charge < -0.3 is 4.90 Å². The number of aromatic nitrogens is 2. The molecule has 4 heteroatoms. The molecule has 0 saturated carbocycles. The van der Waals surface area contributed by atoms with Gasteiger partial charge in [0, 0.05) is 25.5 Å². The predicted molar refractivity (Wildman–Crippen MR) is 69.6 cm³/mol. The molecule has 0 N–H and O–H groups in total. The van der Waals surface area contributed by atoms with Crippen LogP contribution in [0.4, 0.5) is 0 Å². The average molecular weight is 243 g/mol. The number of fused-ring (bicyclic) bond motifs is 1. The van der Waals surface area contributed by atoms with Gasteiger partial charge in [-0.25, -0.2) is 4.98 Å². The third-order valence-electron chi connectivity index (χ3n) is 3.54. The fourth-order valence-electron chi connectivity index (χ4n) is 2.56. The van der Waals surface area contributed by atoms with Gasteiger partial charge in [-0.3, -0.25) is 9.20 Å². The minimum atomic E-state index is 0.125. The van der Waals surface area contributed by atoms with Crippen molar-refractivity contribution in [2.45, 2.75) is 25.7 Å². The standard InChI is InChI=1S/C14H17N3O/c18-14(16-9-3-1-2-4-10-16)12-6-5-7-13-15-8-11-17(12)13/h5-8,11H,1-4,9-10H2. The molecule has 0 unspecified atom stereocenters. The van der Waals surface area contributed by atoms with Gasteiger partial charge in [0.1, 0.15) is 11.3 Å². The first kappa shape index (κ1) is 11.3. The van der Waals surface area contributed by atoms with Gasteiger partial charge in [0.05, 0.1) is 0 Å². The van der Waals surface area contributed by atoms with Gasteiger partial charge >= 0.3 is 0 Å². The van der Waals surface area contributed by atoms with E-state index in [-0.39, 0.29) is 5.91 Å². The quantitative estimate of drug-likeness (QED) is 0.771. The van der Waals surface area contributed by atoms with E-state index in [1.165, 1.54) is 12.8 Å². The van der Waals surface area contributed by atoms with Crippen molar-refractivity contribution >= 4 is 11.6 Å². The van der Waals surface area contributed by atoms with Gasteiger partial charge in [-0.05, 0) is 25.0 Å². The Kier molecular flexibility index (Phi) is 3.00. The van der Waals surface area contributed by atoms with E-state index in [2.05, 4.69) is 4.98 Å². The highest BCUT2D eigenvalue weighted by Gasteiger charge is 2.19. The zero-order valence-corrected chi connectivity index (χ0v) is 10.4. The summed E-state index contributed by atoms with van der Waals surface area (Å²) >= 11 is 0. The molecular formula is C14H17N3O. The third-order valence-corrected chi connectivity index (χ3v) is 3.54. The molecule has 1 saturated heterocycles. The summed E-state index contributed by atoms with van der Waals surface area (Å²) in [6.07, 6.45) is 8.28. The largest absolute Gasteiger partial charge is 0.337 e. The summed E-state index contributed by atoms with van der Waals surface area (Å²) in [5.41, 5.74) is 1.54. The maximum absolute atomic E-state index is 12.5. The van der Waals surface area contributed by atoms with Crippen molar-refractivity contribution in [3.05, 3.63) is 36.3 Å². The fraction of sp³-hybridized carbons (Fsp3) is 0.429. The SMILES string of the molecule is O=C(c1cccc2nccn12)N1CCCCCC1. The lowest BCUT2D eigenvalue weighted by atomic mass is 10.2. The predicted octanol–water partition coefficient (Wildman–Crippen LogP) is 2.35. The van der Waals surface area contributed by atoms with Gasteiger partial charge in [-0.2, -0.15) is 0 Å². The van der Waals surface area contributed by atoms with Crippen molar-refractivity contribution in [2.75, 3.05) is 13.1 Å². The van der Waals surface area contributed by atoms with Gasteiger partial charge in [0.25, 0.3) is 5.91 Å². The number of amides is 1. The highest BCUT2D eigenvalue weighted by Crippen LogP contribution is 2.14. The fourth-order valence-corrected chi connectivity index (χ4v) is 2.56. The molecule has 18 heavy (non-hydrogen) atoms. The zero-order valence-electron chi connectivity index (χ0n) is 10.4. The molecule has 2 aromatic heterocycles. The van der Waals surface area contributed by atoms with Gasteiger partial charge in [0.2, 0.25) is 0 Å². The van der Waals surface area contributed by atoms with Crippen LogP contribution in [0.2, 0.25) is 0 Å². The zero-order chi connectivity index (χ0) is 12.4. The smallest absolute Gasteiger partial charge is 0.270 e. The number of pyridine rings is 1. The first-order valence-electron chi connectivity index (χ1n) is 6.57. The van der Waals surface area contributed by atoms with Gasteiger partial charge in [-0.1, -0.05) is 18.9 Å². The minimum Gasteiger partial charge on any atom is -0.337 e. The molecule has 0 spiro atoms. The van der Waals surface area contributed by atoms with Crippen LogP contribution in [0.15, 0.2) is 30.6 Å². The van der Waals surface area contributed by atoms with Crippen LogP contribution in [-0.2, 0) is 0 Å². The molecule has 1 aliphatic heterocycles. The average Bonchev–Trinajstić information content (AvgIpc) is 2.71. The monoisotopic (exact) mass is 243 g/mol. The van der Waals surface area contributed by atoms with E-state index < -0.39 is 0 Å². The van der Waals surface area contributed by atoms with Crippen molar-refractivity contribution in [2.24, 2.45) is 0 Å². The summed E-state index contributed by atoms with van der Waals surface area (Å²) < 4.78 is 1.87. The van der Waals surface area contributed by atoms with Crippen molar-refractivity contribution in [3.63, 3.8) is 0 Å². The lowest BCUT2D eigenvalue weighted by Gasteiger charge is -2.20. The summed E-state index contributed by atoms with van der Waals surface area (Å²) in [4.78, 5) is 18.7. The Hall–Kier alpha value is -1.84. The lowest BCUT2D eigenvalue weighted by molar-refractivity contribution is 0.0754. The van der Waals surface area contributed by atoms with E-state index >= 15 is 0 Å². The minimum absolute atomic E-state index is 0.125. The van der Waals surface area contributed by atoms with Crippen molar-refractivity contribution in [1.82, 2.24) is 14.3 Å². The highest BCUT2D eigenvalue weighted by molar-refractivity contribution is 5.93. The lowest BCUT2D eigenvalue weighted by Crippen LogP contribution is -2.33. The Morgan fingerprint density at radius 1 is 1.11 bits per heavy atom. The van der Waals surface area contributed by atoms with E-state index in [1.54, 1.807) is 6.20 Å². The number of rotatable bonds is 1. The highest BCUT2D eigenvalue weighted by atomic mass is 16.2. The molecule has 2 aromatic rings. The van der Waals surface area contributed by atoms with E-state index in [9.17, 15) is 4.79 Å². The van der Waals surface area contributed by atoms with Crippen LogP contribution in [0.1, 0.15) is 36.2 Å². The first-order chi connectivity index (χ1) is 8.86. The molecule has 1 aliphatic rings. The van der Waals surface area contributed by atoms with E-state index in [4.69, 9.17) is 0 Å². The van der Waals surface area contributed by atoms with E-state index in [1.807, 2.05) is 33.7 Å².